The highest BCUT2D eigenvalue weighted by Crippen LogP contribution is 2.27. The van der Waals surface area contributed by atoms with E-state index in [2.05, 4.69) is 25.6 Å². The molecule has 6 heteroatoms. The van der Waals surface area contributed by atoms with Gasteiger partial charge in [0.05, 0.1) is 18.0 Å². The average molecular weight is 478 g/mol. The Hall–Kier alpha value is -3.12. The van der Waals surface area contributed by atoms with Crippen molar-refractivity contribution in [3.05, 3.63) is 88.7 Å². The first-order valence-corrected chi connectivity index (χ1v) is 11.1. The third-order valence-electron chi connectivity index (χ3n) is 5.08. The Morgan fingerprint density at radius 3 is 2.65 bits per heavy atom. The molecule has 31 heavy (non-hydrogen) atoms. The van der Waals surface area contributed by atoms with Gasteiger partial charge in [0.25, 0.3) is 0 Å². The third kappa shape index (κ3) is 4.97. The van der Waals surface area contributed by atoms with Gasteiger partial charge in [0.1, 0.15) is 11.4 Å². The molecule has 2 aromatic carbocycles. The van der Waals surface area contributed by atoms with Crippen molar-refractivity contribution in [3.8, 4) is 17.0 Å². The van der Waals surface area contributed by atoms with Gasteiger partial charge in [-0.3, -0.25) is 4.79 Å². The fraction of sp³-hybridized carbons (Fsp3) is 0.200. The van der Waals surface area contributed by atoms with E-state index in [1.54, 1.807) is 0 Å². The van der Waals surface area contributed by atoms with Crippen LogP contribution in [0.5, 0.6) is 5.75 Å². The second kappa shape index (κ2) is 9.79. The minimum absolute atomic E-state index is 0.000983. The van der Waals surface area contributed by atoms with Crippen LogP contribution in [0.2, 0.25) is 0 Å². The zero-order valence-corrected chi connectivity index (χ0v) is 18.9. The molecule has 1 amide bonds. The molecule has 2 heterocycles. The quantitative estimate of drug-likeness (QED) is 0.369. The van der Waals surface area contributed by atoms with E-state index in [-0.39, 0.29) is 5.91 Å². The van der Waals surface area contributed by atoms with Crippen molar-refractivity contribution in [1.82, 2.24) is 14.7 Å². The summed E-state index contributed by atoms with van der Waals surface area (Å²) in [6, 6.07) is 21.8. The van der Waals surface area contributed by atoms with Gasteiger partial charge in [-0.05, 0) is 43.7 Å². The molecule has 0 spiro atoms. The van der Waals surface area contributed by atoms with Crippen molar-refractivity contribution in [2.45, 2.75) is 26.3 Å². The van der Waals surface area contributed by atoms with Crippen LogP contribution in [0, 0.1) is 0 Å². The highest BCUT2D eigenvalue weighted by Gasteiger charge is 2.15. The third-order valence-corrected chi connectivity index (χ3v) is 5.61. The fourth-order valence-electron chi connectivity index (χ4n) is 3.58. The normalized spacial score (nSPS) is 10.9. The van der Waals surface area contributed by atoms with E-state index >= 15 is 0 Å². The Bertz CT molecular complexity index is 1190. The number of ether oxygens (including phenoxy) is 1. The van der Waals surface area contributed by atoms with Crippen molar-refractivity contribution < 1.29 is 9.53 Å². The van der Waals surface area contributed by atoms with Gasteiger partial charge in [0.15, 0.2) is 0 Å². The molecule has 0 unspecified atom stereocenters. The molecule has 0 atom stereocenters. The summed E-state index contributed by atoms with van der Waals surface area (Å²) < 4.78 is 8.73. The lowest BCUT2D eigenvalue weighted by Crippen LogP contribution is -2.23. The van der Waals surface area contributed by atoms with Gasteiger partial charge in [0, 0.05) is 34.8 Å². The Labute approximate surface area is 190 Å². The SMILES string of the molecule is CCOc1ccccc1CNC(=O)CCc1c(-c2ccc(Br)cc2)nc2ccccn12. The van der Waals surface area contributed by atoms with Crippen LogP contribution in [0.15, 0.2) is 77.4 Å². The van der Waals surface area contributed by atoms with Crippen molar-refractivity contribution in [3.63, 3.8) is 0 Å². The van der Waals surface area contributed by atoms with E-state index in [9.17, 15) is 4.79 Å². The first-order chi connectivity index (χ1) is 15.2. The molecule has 0 aliphatic carbocycles. The fourth-order valence-corrected chi connectivity index (χ4v) is 3.85. The maximum Gasteiger partial charge on any atom is 0.220 e. The van der Waals surface area contributed by atoms with Crippen LogP contribution >= 0.6 is 15.9 Å². The summed E-state index contributed by atoms with van der Waals surface area (Å²) in [4.78, 5) is 17.4. The number of hydrogen-bond donors (Lipinski definition) is 1. The number of imidazole rings is 1. The molecule has 4 aromatic rings. The average Bonchev–Trinajstić information content (AvgIpc) is 3.16. The van der Waals surface area contributed by atoms with E-state index in [4.69, 9.17) is 9.72 Å². The summed E-state index contributed by atoms with van der Waals surface area (Å²) in [5.41, 5.74) is 4.83. The summed E-state index contributed by atoms with van der Waals surface area (Å²) in [6.07, 6.45) is 2.97. The number of para-hydroxylation sites is 1. The number of hydrogen-bond acceptors (Lipinski definition) is 3. The number of nitrogens with one attached hydrogen (secondary N) is 1. The molecule has 0 fully saturated rings. The number of nitrogens with zero attached hydrogens (tertiary/aromatic N) is 2. The zero-order valence-electron chi connectivity index (χ0n) is 17.3. The molecule has 4 rings (SSSR count). The van der Waals surface area contributed by atoms with E-state index < -0.39 is 0 Å². The van der Waals surface area contributed by atoms with Crippen molar-refractivity contribution in [2.24, 2.45) is 0 Å². The smallest absolute Gasteiger partial charge is 0.220 e. The predicted molar refractivity (Wildman–Crippen MR) is 126 cm³/mol. The lowest BCUT2D eigenvalue weighted by molar-refractivity contribution is -0.121. The molecular weight excluding hydrogens is 454 g/mol. The minimum Gasteiger partial charge on any atom is -0.494 e. The van der Waals surface area contributed by atoms with Crippen LogP contribution in [-0.2, 0) is 17.8 Å². The molecular formula is C25H24BrN3O2. The predicted octanol–water partition coefficient (Wildman–Crippen LogP) is 5.41. The van der Waals surface area contributed by atoms with Gasteiger partial charge in [-0.25, -0.2) is 4.98 Å². The van der Waals surface area contributed by atoms with E-state index in [1.165, 1.54) is 0 Å². The van der Waals surface area contributed by atoms with Gasteiger partial charge >= 0.3 is 0 Å². The number of aryl methyl sites for hydroxylation is 1. The molecule has 5 nitrogen and oxygen atoms in total. The number of carbonyl (C=O) groups excluding carboxylic acids is 1. The van der Waals surface area contributed by atoms with Crippen LogP contribution in [0.4, 0.5) is 0 Å². The number of pyridine rings is 1. The summed E-state index contributed by atoms with van der Waals surface area (Å²) in [7, 11) is 0. The first kappa shape index (κ1) is 21.1. The molecule has 158 valence electrons. The summed E-state index contributed by atoms with van der Waals surface area (Å²) >= 11 is 3.48. The van der Waals surface area contributed by atoms with Gasteiger partial charge in [-0.15, -0.1) is 0 Å². The van der Waals surface area contributed by atoms with E-state index in [1.807, 2.05) is 79.9 Å². The molecule has 0 aliphatic heterocycles. The monoisotopic (exact) mass is 477 g/mol. The Morgan fingerprint density at radius 1 is 1.06 bits per heavy atom. The lowest BCUT2D eigenvalue weighted by Gasteiger charge is -2.11. The summed E-state index contributed by atoms with van der Waals surface area (Å²) in [6.45, 7) is 2.99. The molecule has 0 saturated carbocycles. The number of halogens is 1. The Morgan fingerprint density at radius 2 is 1.84 bits per heavy atom. The van der Waals surface area contributed by atoms with Gasteiger partial charge < -0.3 is 14.5 Å². The Balaban J connectivity index is 1.49. The number of rotatable bonds is 8. The molecule has 0 radical (unpaired) electrons. The van der Waals surface area contributed by atoms with E-state index in [0.29, 0.717) is 26.0 Å². The minimum atomic E-state index is -0.000983. The molecule has 0 saturated heterocycles. The van der Waals surface area contributed by atoms with Crippen molar-refractivity contribution in [2.75, 3.05) is 6.61 Å². The molecule has 0 aliphatic rings. The highest BCUT2D eigenvalue weighted by atomic mass is 79.9. The maximum atomic E-state index is 12.6. The second-order valence-corrected chi connectivity index (χ2v) is 8.08. The first-order valence-electron chi connectivity index (χ1n) is 10.3. The molecule has 2 aromatic heterocycles. The molecule has 1 N–H and O–H groups in total. The number of amides is 1. The number of carbonyl (C=O) groups is 1. The van der Waals surface area contributed by atoms with Gasteiger partial charge in [-0.1, -0.05) is 52.3 Å². The van der Waals surface area contributed by atoms with Gasteiger partial charge in [-0.2, -0.15) is 0 Å². The van der Waals surface area contributed by atoms with Crippen LogP contribution in [0.3, 0.4) is 0 Å². The van der Waals surface area contributed by atoms with Crippen LogP contribution in [0.25, 0.3) is 16.9 Å². The van der Waals surface area contributed by atoms with E-state index in [0.717, 1.165) is 38.4 Å². The van der Waals surface area contributed by atoms with Crippen LogP contribution in [-0.4, -0.2) is 21.9 Å². The second-order valence-electron chi connectivity index (χ2n) is 7.16. The van der Waals surface area contributed by atoms with Crippen LogP contribution in [0.1, 0.15) is 24.6 Å². The summed E-state index contributed by atoms with van der Waals surface area (Å²) in [5, 5.41) is 3.02. The molecule has 0 bridgehead atoms. The highest BCUT2D eigenvalue weighted by molar-refractivity contribution is 9.10. The van der Waals surface area contributed by atoms with Gasteiger partial charge in [0.2, 0.25) is 5.91 Å². The largest absolute Gasteiger partial charge is 0.494 e. The zero-order chi connectivity index (χ0) is 21.6. The topological polar surface area (TPSA) is 55.6 Å². The Kier molecular flexibility index (Phi) is 6.67. The number of aromatic nitrogens is 2. The van der Waals surface area contributed by atoms with Crippen molar-refractivity contribution >= 4 is 27.5 Å². The lowest BCUT2D eigenvalue weighted by atomic mass is 10.1. The number of benzene rings is 2. The van der Waals surface area contributed by atoms with Crippen LogP contribution < -0.4 is 10.1 Å². The standard InChI is InChI=1S/C25H24BrN3O2/c1-2-31-22-8-4-3-7-19(22)17-27-24(30)15-14-21-25(18-10-12-20(26)13-11-18)28-23-9-5-6-16-29(21)23/h3-13,16H,2,14-15,17H2,1H3,(H,27,30). The van der Waals surface area contributed by atoms with Crippen molar-refractivity contribution in [1.29, 1.82) is 0 Å². The summed E-state index contributed by atoms with van der Waals surface area (Å²) in [5.74, 6) is 0.809. The number of fused-ring (bicyclic) bond motifs is 1. The maximum absolute atomic E-state index is 12.6.